The van der Waals surface area contributed by atoms with Crippen molar-refractivity contribution in [1.82, 2.24) is 24.7 Å². The first kappa shape index (κ1) is 25.0. The van der Waals surface area contributed by atoms with Gasteiger partial charge in [0.15, 0.2) is 0 Å². The zero-order chi connectivity index (χ0) is 25.8. The average molecular weight is 521 g/mol. The number of amides is 1. The molecule has 192 valence electrons. The van der Waals surface area contributed by atoms with Crippen LogP contribution in [0.4, 0.5) is 0 Å². The van der Waals surface area contributed by atoms with Gasteiger partial charge in [0.05, 0.1) is 22.4 Å². The van der Waals surface area contributed by atoms with Gasteiger partial charge in [0.2, 0.25) is 27.6 Å². The third-order valence-corrected chi connectivity index (χ3v) is 9.08. The first-order valence-electron chi connectivity index (χ1n) is 12.5. The van der Waals surface area contributed by atoms with Gasteiger partial charge < -0.3 is 9.84 Å². The molecule has 1 aliphatic heterocycles. The first-order valence-corrected chi connectivity index (χ1v) is 13.9. The average Bonchev–Trinajstić information content (AvgIpc) is 3.58. The molecule has 0 spiro atoms. The SMILES string of the molecule is N#Cc1ccc(S(=O)(=O)N2CCCCCCNC(=O)C3CC(c4nc(-c5cccnc5)no4)CC32)cc1. The molecule has 1 aliphatic carbocycles. The van der Waals surface area contributed by atoms with Crippen molar-refractivity contribution in [2.45, 2.75) is 55.4 Å². The third-order valence-electron chi connectivity index (χ3n) is 7.14. The van der Waals surface area contributed by atoms with Crippen LogP contribution in [-0.2, 0) is 14.8 Å². The molecular formula is C26H28N6O4S. The summed E-state index contributed by atoms with van der Waals surface area (Å²) in [5, 5.41) is 16.2. The maximum atomic E-state index is 13.9. The van der Waals surface area contributed by atoms with Crippen LogP contribution in [0, 0.1) is 17.2 Å². The number of rotatable bonds is 4. The number of carbonyl (C=O) groups excluding carboxylic acids is 1. The van der Waals surface area contributed by atoms with Gasteiger partial charge in [-0.3, -0.25) is 9.78 Å². The van der Waals surface area contributed by atoms with Gasteiger partial charge in [0.1, 0.15) is 0 Å². The number of fused-ring (bicyclic) bond motifs is 1. The fraction of sp³-hybridized carbons (Fsp3) is 0.423. The Morgan fingerprint density at radius 1 is 1.08 bits per heavy atom. The highest BCUT2D eigenvalue weighted by molar-refractivity contribution is 7.89. The molecule has 37 heavy (non-hydrogen) atoms. The minimum absolute atomic E-state index is 0.112. The molecule has 0 bridgehead atoms. The summed E-state index contributed by atoms with van der Waals surface area (Å²) in [6.07, 6.45) is 7.44. The van der Waals surface area contributed by atoms with Crippen molar-refractivity contribution in [3.8, 4) is 17.5 Å². The van der Waals surface area contributed by atoms with Crippen molar-refractivity contribution >= 4 is 15.9 Å². The summed E-state index contributed by atoms with van der Waals surface area (Å²) in [6, 6.07) is 11.0. The highest BCUT2D eigenvalue weighted by atomic mass is 32.2. The predicted octanol–water partition coefficient (Wildman–Crippen LogP) is 3.25. The number of nitrogens with one attached hydrogen (secondary N) is 1. The molecule has 10 nitrogen and oxygen atoms in total. The molecule has 2 aromatic heterocycles. The molecule has 1 N–H and O–H groups in total. The van der Waals surface area contributed by atoms with Crippen LogP contribution >= 0.6 is 0 Å². The second-order valence-electron chi connectivity index (χ2n) is 9.50. The second-order valence-corrected chi connectivity index (χ2v) is 11.4. The number of hydrogen-bond donors (Lipinski definition) is 1. The fourth-order valence-electron chi connectivity index (χ4n) is 5.22. The number of carbonyl (C=O) groups is 1. The lowest BCUT2D eigenvalue weighted by atomic mass is 10.0. The number of aromatic nitrogens is 3. The summed E-state index contributed by atoms with van der Waals surface area (Å²) in [5.41, 5.74) is 1.10. The Balaban J connectivity index is 1.48. The maximum absolute atomic E-state index is 13.9. The molecule has 2 aliphatic rings. The van der Waals surface area contributed by atoms with Crippen LogP contribution in [0.25, 0.3) is 11.4 Å². The lowest BCUT2D eigenvalue weighted by Crippen LogP contribution is -2.47. The van der Waals surface area contributed by atoms with Crippen molar-refractivity contribution in [1.29, 1.82) is 5.26 Å². The van der Waals surface area contributed by atoms with Crippen LogP contribution in [-0.4, -0.2) is 52.9 Å². The van der Waals surface area contributed by atoms with E-state index in [0.29, 0.717) is 55.2 Å². The Hall–Kier alpha value is -3.62. The van der Waals surface area contributed by atoms with E-state index in [4.69, 9.17) is 9.78 Å². The Morgan fingerprint density at radius 2 is 1.89 bits per heavy atom. The minimum atomic E-state index is -3.92. The third kappa shape index (κ3) is 5.26. The van der Waals surface area contributed by atoms with Gasteiger partial charge in [0.25, 0.3) is 0 Å². The van der Waals surface area contributed by atoms with Crippen molar-refractivity contribution < 1.29 is 17.7 Å². The molecule has 3 aromatic rings. The zero-order valence-corrected chi connectivity index (χ0v) is 21.1. The van der Waals surface area contributed by atoms with Gasteiger partial charge in [-0.25, -0.2) is 8.42 Å². The van der Waals surface area contributed by atoms with E-state index in [1.54, 1.807) is 18.5 Å². The number of hydrogen-bond acceptors (Lipinski definition) is 8. The summed E-state index contributed by atoms with van der Waals surface area (Å²) >= 11 is 0. The molecule has 3 unspecified atom stereocenters. The van der Waals surface area contributed by atoms with E-state index in [1.807, 2.05) is 12.1 Å². The van der Waals surface area contributed by atoms with Crippen molar-refractivity contribution in [2.24, 2.45) is 5.92 Å². The van der Waals surface area contributed by atoms with Crippen LogP contribution in [0.15, 0.2) is 58.2 Å². The van der Waals surface area contributed by atoms with E-state index >= 15 is 0 Å². The van der Waals surface area contributed by atoms with Gasteiger partial charge >= 0.3 is 0 Å². The quantitative estimate of drug-likeness (QED) is 0.552. The molecule has 3 atom stereocenters. The summed E-state index contributed by atoms with van der Waals surface area (Å²) in [5.74, 6) is -0.169. The predicted molar refractivity (Wildman–Crippen MR) is 133 cm³/mol. The molecule has 2 fully saturated rings. The molecular weight excluding hydrogens is 492 g/mol. The van der Waals surface area contributed by atoms with E-state index < -0.39 is 22.0 Å². The Labute approximate surface area is 215 Å². The largest absolute Gasteiger partial charge is 0.356 e. The van der Waals surface area contributed by atoms with Gasteiger partial charge in [-0.15, -0.1) is 0 Å². The highest BCUT2D eigenvalue weighted by Crippen LogP contribution is 2.43. The van der Waals surface area contributed by atoms with Crippen molar-refractivity contribution in [2.75, 3.05) is 13.1 Å². The monoisotopic (exact) mass is 520 g/mol. The Bertz CT molecular complexity index is 1380. The lowest BCUT2D eigenvalue weighted by molar-refractivity contribution is -0.125. The molecule has 1 aromatic carbocycles. The van der Waals surface area contributed by atoms with Gasteiger partial charge in [-0.1, -0.05) is 18.0 Å². The van der Waals surface area contributed by atoms with Crippen molar-refractivity contribution in [3.63, 3.8) is 0 Å². The molecule has 3 heterocycles. The van der Waals surface area contributed by atoms with Gasteiger partial charge in [0, 0.05) is 43.0 Å². The van der Waals surface area contributed by atoms with E-state index in [9.17, 15) is 13.2 Å². The van der Waals surface area contributed by atoms with Gasteiger partial charge in [-0.05, 0) is 62.1 Å². The lowest BCUT2D eigenvalue weighted by Gasteiger charge is -2.31. The Kier molecular flexibility index (Phi) is 7.30. The van der Waals surface area contributed by atoms with E-state index in [0.717, 1.165) is 19.3 Å². The summed E-state index contributed by atoms with van der Waals surface area (Å²) in [4.78, 5) is 22.0. The zero-order valence-electron chi connectivity index (χ0n) is 20.3. The fourth-order valence-corrected chi connectivity index (χ4v) is 6.93. The van der Waals surface area contributed by atoms with Crippen LogP contribution in [0.2, 0.25) is 0 Å². The standard InChI is InChI=1S/C26H28N6O4S/c27-16-18-7-9-21(10-8-18)37(34,35)32-13-4-2-1-3-12-29-25(33)22-14-20(15-23(22)32)26-30-24(31-36-26)19-6-5-11-28-17-19/h5-11,17,20,22-23H,1-4,12-15H2,(H,29,33). The van der Waals surface area contributed by atoms with Crippen LogP contribution in [0.3, 0.4) is 0 Å². The van der Waals surface area contributed by atoms with E-state index in [2.05, 4.69) is 20.4 Å². The molecule has 1 saturated heterocycles. The molecule has 1 amide bonds. The number of nitriles is 1. The summed E-state index contributed by atoms with van der Waals surface area (Å²) < 4.78 is 34.8. The second kappa shape index (κ2) is 10.8. The smallest absolute Gasteiger partial charge is 0.243 e. The Morgan fingerprint density at radius 3 is 2.65 bits per heavy atom. The summed E-state index contributed by atoms with van der Waals surface area (Å²) in [6.45, 7) is 0.884. The number of pyridine rings is 1. The van der Waals surface area contributed by atoms with Gasteiger partial charge in [-0.2, -0.15) is 14.6 Å². The minimum Gasteiger partial charge on any atom is -0.356 e. The maximum Gasteiger partial charge on any atom is 0.243 e. The highest BCUT2D eigenvalue weighted by Gasteiger charge is 2.47. The van der Waals surface area contributed by atoms with Crippen LogP contribution < -0.4 is 5.32 Å². The number of nitrogens with zero attached hydrogens (tertiary/aromatic N) is 5. The molecule has 11 heteroatoms. The summed E-state index contributed by atoms with van der Waals surface area (Å²) in [7, 11) is -3.92. The number of benzene rings is 1. The normalized spacial score (nSPS) is 23.4. The van der Waals surface area contributed by atoms with E-state index in [1.165, 1.54) is 28.6 Å². The van der Waals surface area contributed by atoms with Crippen LogP contribution in [0.5, 0.6) is 0 Å². The van der Waals surface area contributed by atoms with Crippen LogP contribution in [0.1, 0.15) is 55.9 Å². The number of sulfonamides is 1. The molecule has 5 rings (SSSR count). The molecule has 0 radical (unpaired) electrons. The topological polar surface area (TPSA) is 142 Å². The molecule has 1 saturated carbocycles. The van der Waals surface area contributed by atoms with Crippen molar-refractivity contribution in [3.05, 3.63) is 60.2 Å². The van der Waals surface area contributed by atoms with E-state index in [-0.39, 0.29) is 16.7 Å². The first-order chi connectivity index (χ1) is 18.0.